The Labute approximate surface area is 107 Å². The number of nitrogens with one attached hydrogen (secondary N) is 3. The van der Waals surface area contributed by atoms with Gasteiger partial charge in [-0.25, -0.2) is 4.98 Å². The van der Waals surface area contributed by atoms with E-state index in [1.807, 2.05) is 0 Å². The van der Waals surface area contributed by atoms with Gasteiger partial charge in [0, 0.05) is 13.0 Å². The Morgan fingerprint density at radius 2 is 2.44 bits per heavy atom. The van der Waals surface area contributed by atoms with Crippen molar-refractivity contribution in [2.75, 3.05) is 19.6 Å². The second kappa shape index (κ2) is 6.49. The Balaban J connectivity index is 1.79. The first kappa shape index (κ1) is 13.0. The van der Waals surface area contributed by atoms with Gasteiger partial charge in [-0.05, 0) is 38.3 Å². The second-order valence-corrected chi connectivity index (χ2v) is 4.78. The molecule has 0 aliphatic carbocycles. The lowest BCUT2D eigenvalue weighted by atomic mass is 10.00. The number of aromatic nitrogens is 3. The number of hydrogen-bond acceptors (Lipinski definition) is 4. The van der Waals surface area contributed by atoms with Crippen molar-refractivity contribution in [1.82, 2.24) is 25.8 Å². The first-order valence-electron chi connectivity index (χ1n) is 6.69. The number of nitrogens with zero attached hydrogens (tertiary/aromatic N) is 2. The number of hydrogen-bond donors (Lipinski definition) is 3. The van der Waals surface area contributed by atoms with E-state index >= 15 is 0 Å². The van der Waals surface area contributed by atoms with Crippen molar-refractivity contribution in [3.63, 3.8) is 0 Å². The van der Waals surface area contributed by atoms with Crippen LogP contribution in [0.4, 0.5) is 0 Å². The molecule has 1 saturated heterocycles. The molecule has 3 N–H and O–H groups in total. The van der Waals surface area contributed by atoms with Gasteiger partial charge in [-0.15, -0.1) is 5.10 Å². The minimum atomic E-state index is -0.181. The maximum Gasteiger partial charge on any atom is 0.290 e. The van der Waals surface area contributed by atoms with Crippen LogP contribution in [0.5, 0.6) is 0 Å². The molecule has 0 aromatic carbocycles. The molecule has 0 saturated carbocycles. The SMILES string of the molecule is CCCc1nc(C(=O)NCC2CCCNC2)n[nH]1. The monoisotopic (exact) mass is 251 g/mol. The van der Waals surface area contributed by atoms with Crippen LogP contribution in [0.25, 0.3) is 0 Å². The van der Waals surface area contributed by atoms with E-state index in [1.165, 1.54) is 12.8 Å². The minimum Gasteiger partial charge on any atom is -0.349 e. The third-order valence-electron chi connectivity index (χ3n) is 3.17. The Bertz CT molecular complexity index is 384. The fourth-order valence-corrected chi connectivity index (χ4v) is 2.16. The van der Waals surface area contributed by atoms with Gasteiger partial charge in [0.05, 0.1) is 0 Å². The summed E-state index contributed by atoms with van der Waals surface area (Å²) in [6.45, 7) is 4.84. The van der Waals surface area contributed by atoms with Crippen molar-refractivity contribution >= 4 is 5.91 Å². The summed E-state index contributed by atoms with van der Waals surface area (Å²) in [6.07, 6.45) is 4.17. The quantitative estimate of drug-likeness (QED) is 0.711. The molecule has 2 heterocycles. The summed E-state index contributed by atoms with van der Waals surface area (Å²) in [6, 6.07) is 0. The summed E-state index contributed by atoms with van der Waals surface area (Å²) in [7, 11) is 0. The van der Waals surface area contributed by atoms with Crippen molar-refractivity contribution in [2.24, 2.45) is 5.92 Å². The highest BCUT2D eigenvalue weighted by Gasteiger charge is 2.16. The van der Waals surface area contributed by atoms with E-state index in [4.69, 9.17) is 0 Å². The van der Waals surface area contributed by atoms with E-state index in [2.05, 4.69) is 32.7 Å². The van der Waals surface area contributed by atoms with Crippen LogP contribution in [0.15, 0.2) is 0 Å². The topological polar surface area (TPSA) is 82.7 Å². The van der Waals surface area contributed by atoms with E-state index in [1.54, 1.807) is 0 Å². The molecule has 1 aliphatic heterocycles. The third-order valence-corrected chi connectivity index (χ3v) is 3.17. The molecule has 1 atom stereocenters. The first-order chi connectivity index (χ1) is 8.79. The molecule has 1 fully saturated rings. The van der Waals surface area contributed by atoms with Gasteiger partial charge in [0.1, 0.15) is 5.82 Å². The molecule has 1 amide bonds. The predicted molar refractivity (Wildman–Crippen MR) is 68.3 cm³/mol. The number of aryl methyl sites for hydroxylation is 1. The standard InChI is InChI=1S/C12H21N5O/c1-2-4-10-15-11(17-16-10)12(18)14-8-9-5-3-6-13-7-9/h9,13H,2-8H2,1H3,(H,14,18)(H,15,16,17). The molecule has 6 nitrogen and oxygen atoms in total. The number of H-pyrrole nitrogens is 1. The lowest BCUT2D eigenvalue weighted by Gasteiger charge is -2.22. The summed E-state index contributed by atoms with van der Waals surface area (Å²) in [4.78, 5) is 16.0. The van der Waals surface area contributed by atoms with Crippen LogP contribution in [0, 0.1) is 5.92 Å². The molecule has 0 spiro atoms. The number of aromatic amines is 1. The molecule has 1 aromatic heterocycles. The van der Waals surface area contributed by atoms with Crippen LogP contribution in [-0.2, 0) is 6.42 Å². The largest absolute Gasteiger partial charge is 0.349 e. The van der Waals surface area contributed by atoms with Crippen molar-refractivity contribution in [3.05, 3.63) is 11.6 Å². The van der Waals surface area contributed by atoms with Gasteiger partial charge in [-0.2, -0.15) is 0 Å². The fourth-order valence-electron chi connectivity index (χ4n) is 2.16. The highest BCUT2D eigenvalue weighted by Crippen LogP contribution is 2.08. The molecule has 6 heteroatoms. The fraction of sp³-hybridized carbons (Fsp3) is 0.750. The van der Waals surface area contributed by atoms with Crippen LogP contribution < -0.4 is 10.6 Å². The van der Waals surface area contributed by atoms with Gasteiger partial charge in [-0.3, -0.25) is 9.89 Å². The Morgan fingerprint density at radius 3 is 3.17 bits per heavy atom. The van der Waals surface area contributed by atoms with Crippen LogP contribution >= 0.6 is 0 Å². The van der Waals surface area contributed by atoms with Crippen molar-refractivity contribution in [3.8, 4) is 0 Å². The summed E-state index contributed by atoms with van der Waals surface area (Å²) < 4.78 is 0. The van der Waals surface area contributed by atoms with Crippen LogP contribution in [0.1, 0.15) is 42.6 Å². The molecule has 1 aliphatic rings. The van der Waals surface area contributed by atoms with Gasteiger partial charge in [0.15, 0.2) is 0 Å². The number of carbonyl (C=O) groups excluding carboxylic acids is 1. The normalized spacial score (nSPS) is 19.7. The molecule has 2 rings (SSSR count). The van der Waals surface area contributed by atoms with Crippen molar-refractivity contribution in [1.29, 1.82) is 0 Å². The lowest BCUT2D eigenvalue weighted by Crippen LogP contribution is -2.38. The van der Waals surface area contributed by atoms with Gasteiger partial charge < -0.3 is 10.6 Å². The molecule has 1 unspecified atom stereocenters. The van der Waals surface area contributed by atoms with Gasteiger partial charge >= 0.3 is 0 Å². The smallest absolute Gasteiger partial charge is 0.290 e. The van der Waals surface area contributed by atoms with Crippen LogP contribution in [-0.4, -0.2) is 40.7 Å². The van der Waals surface area contributed by atoms with E-state index in [9.17, 15) is 4.79 Å². The number of piperidine rings is 1. The van der Waals surface area contributed by atoms with Crippen molar-refractivity contribution < 1.29 is 4.79 Å². The highest BCUT2D eigenvalue weighted by molar-refractivity contribution is 5.90. The molecule has 18 heavy (non-hydrogen) atoms. The number of rotatable bonds is 5. The molecule has 100 valence electrons. The number of amides is 1. The van der Waals surface area contributed by atoms with Crippen LogP contribution in [0.3, 0.4) is 0 Å². The molecule has 1 aromatic rings. The first-order valence-corrected chi connectivity index (χ1v) is 6.69. The summed E-state index contributed by atoms with van der Waals surface area (Å²) in [5.74, 6) is 1.38. The van der Waals surface area contributed by atoms with Crippen LogP contribution in [0.2, 0.25) is 0 Å². The zero-order valence-electron chi connectivity index (χ0n) is 10.8. The van der Waals surface area contributed by atoms with Crippen molar-refractivity contribution in [2.45, 2.75) is 32.6 Å². The average Bonchev–Trinajstić information content (AvgIpc) is 2.86. The predicted octanol–water partition coefficient (Wildman–Crippen LogP) is 0.487. The van der Waals surface area contributed by atoms with Gasteiger partial charge in [0.25, 0.3) is 5.91 Å². The maximum atomic E-state index is 11.8. The molecule has 0 radical (unpaired) electrons. The van der Waals surface area contributed by atoms with Gasteiger partial charge in [-0.1, -0.05) is 6.92 Å². The zero-order valence-corrected chi connectivity index (χ0v) is 10.8. The second-order valence-electron chi connectivity index (χ2n) is 4.78. The molecule has 0 bridgehead atoms. The summed E-state index contributed by atoms with van der Waals surface area (Å²) in [5.41, 5.74) is 0. The maximum absolute atomic E-state index is 11.8. The third kappa shape index (κ3) is 3.53. The Kier molecular flexibility index (Phi) is 4.69. The molecular weight excluding hydrogens is 230 g/mol. The highest BCUT2D eigenvalue weighted by atomic mass is 16.2. The van der Waals surface area contributed by atoms with E-state index in [-0.39, 0.29) is 11.7 Å². The minimum absolute atomic E-state index is 0.181. The lowest BCUT2D eigenvalue weighted by molar-refractivity contribution is 0.0934. The Hall–Kier alpha value is -1.43. The van der Waals surface area contributed by atoms with E-state index in [0.29, 0.717) is 12.5 Å². The van der Waals surface area contributed by atoms with E-state index in [0.717, 1.165) is 31.8 Å². The Morgan fingerprint density at radius 1 is 1.56 bits per heavy atom. The van der Waals surface area contributed by atoms with E-state index < -0.39 is 0 Å². The van der Waals surface area contributed by atoms with Gasteiger partial charge in [0.2, 0.25) is 5.82 Å². The number of carbonyl (C=O) groups is 1. The summed E-state index contributed by atoms with van der Waals surface area (Å²) in [5, 5.41) is 13.0. The zero-order chi connectivity index (χ0) is 12.8. The average molecular weight is 251 g/mol. The summed E-state index contributed by atoms with van der Waals surface area (Å²) >= 11 is 0. The molecular formula is C12H21N5O.